The zero-order chi connectivity index (χ0) is 34.2. The summed E-state index contributed by atoms with van der Waals surface area (Å²) in [6, 6.07) is 0. The predicted molar refractivity (Wildman–Crippen MR) is 188 cm³/mol. The third-order valence-electron chi connectivity index (χ3n) is 10.8. The first-order chi connectivity index (χ1) is 22.9. The standard InChI is InChI=1S/C38H39BrN4O5/c1-7-22-18(4)27-16-29-23(8-2)19(5)36(41-29)35(39)37-20(6)24(9-12-33(47)48-43-31(45)10-11-32(43)46)38(42-37)26-15-30(44)34-17(3)21(13-25(26)34)14-28(22)40-27/h14,16,20,24,44H,7-13,15H2,1-6H3/t20-,24-/m0/s1. The minimum absolute atomic E-state index is 0.00215. The van der Waals surface area contributed by atoms with Crippen LogP contribution in [-0.2, 0) is 19.2 Å². The van der Waals surface area contributed by atoms with Crippen molar-refractivity contribution in [2.45, 2.75) is 92.9 Å². The average molecular weight is 712 g/mol. The molecule has 1 saturated heterocycles. The fourth-order valence-corrected chi connectivity index (χ4v) is 8.93. The van der Waals surface area contributed by atoms with Crippen LogP contribution in [0.1, 0.15) is 92.9 Å². The third-order valence-corrected chi connectivity index (χ3v) is 11.6. The first kappa shape index (κ1) is 32.4. The number of rotatable bonds is 6. The number of allylic oxidation sites excluding steroid dienone is 13. The molecule has 5 heterocycles. The number of aliphatic hydroxyl groups excluding tert-OH is 1. The lowest BCUT2D eigenvalue weighted by molar-refractivity contribution is -0.197. The average Bonchev–Trinajstić information content (AvgIpc) is 3.86. The minimum atomic E-state index is -0.634. The summed E-state index contributed by atoms with van der Waals surface area (Å²) in [5, 5.41) is 12.0. The van der Waals surface area contributed by atoms with Crippen LogP contribution in [0.3, 0.4) is 0 Å². The molecule has 8 bridgehead atoms. The highest BCUT2D eigenvalue weighted by Gasteiger charge is 2.42. The highest BCUT2D eigenvalue weighted by Crippen LogP contribution is 2.51. The van der Waals surface area contributed by atoms with Crippen LogP contribution >= 0.6 is 15.9 Å². The maximum Gasteiger partial charge on any atom is 0.333 e. The molecule has 248 valence electrons. The molecule has 7 aliphatic rings. The van der Waals surface area contributed by atoms with E-state index in [2.05, 4.69) is 69.6 Å². The molecule has 0 saturated carbocycles. The van der Waals surface area contributed by atoms with Gasteiger partial charge in [-0.2, -0.15) is 0 Å². The van der Waals surface area contributed by atoms with Crippen molar-refractivity contribution in [1.82, 2.24) is 5.06 Å². The van der Waals surface area contributed by atoms with Crippen molar-refractivity contribution < 1.29 is 24.3 Å². The summed E-state index contributed by atoms with van der Waals surface area (Å²) in [5.41, 5.74) is 15.0. The smallest absolute Gasteiger partial charge is 0.333 e. The number of hydroxylamine groups is 2. The summed E-state index contributed by atoms with van der Waals surface area (Å²) < 4.78 is 0.808. The number of halogens is 1. The fourth-order valence-electron chi connectivity index (χ4n) is 8.10. The largest absolute Gasteiger partial charge is 0.511 e. The number of imide groups is 1. The van der Waals surface area contributed by atoms with Crippen LogP contribution in [0, 0.1) is 11.8 Å². The number of carbonyl (C=O) groups is 3. The summed E-state index contributed by atoms with van der Waals surface area (Å²) in [7, 11) is 0. The molecule has 2 atom stereocenters. The molecule has 9 nitrogen and oxygen atoms in total. The Morgan fingerprint density at radius 2 is 1.60 bits per heavy atom. The Labute approximate surface area is 288 Å². The van der Waals surface area contributed by atoms with Gasteiger partial charge in [0.1, 0.15) is 5.76 Å². The van der Waals surface area contributed by atoms with Gasteiger partial charge in [-0.3, -0.25) is 14.6 Å². The van der Waals surface area contributed by atoms with Crippen LogP contribution < -0.4 is 0 Å². The highest BCUT2D eigenvalue weighted by molar-refractivity contribution is 9.12. The normalized spacial score (nSPS) is 25.3. The number of carbonyl (C=O) groups excluding carboxylic acids is 3. The minimum Gasteiger partial charge on any atom is -0.511 e. The monoisotopic (exact) mass is 710 g/mol. The van der Waals surface area contributed by atoms with Gasteiger partial charge < -0.3 is 9.94 Å². The van der Waals surface area contributed by atoms with E-state index in [1.54, 1.807) is 0 Å². The number of fused-ring (bicyclic) bond motifs is 5. The summed E-state index contributed by atoms with van der Waals surface area (Å²) >= 11 is 3.93. The first-order valence-corrected chi connectivity index (χ1v) is 17.6. The van der Waals surface area contributed by atoms with Gasteiger partial charge in [-0.15, -0.1) is 5.06 Å². The molecule has 2 amide bonds. The van der Waals surface area contributed by atoms with Crippen molar-refractivity contribution >= 4 is 50.8 Å². The molecule has 5 aliphatic heterocycles. The molecule has 1 N–H and O–H groups in total. The van der Waals surface area contributed by atoms with Crippen LogP contribution in [-0.4, -0.2) is 45.1 Å². The molecule has 48 heavy (non-hydrogen) atoms. The highest BCUT2D eigenvalue weighted by atomic mass is 79.9. The zero-order valence-corrected chi connectivity index (χ0v) is 29.8. The lowest BCUT2D eigenvalue weighted by Crippen LogP contribution is -2.32. The van der Waals surface area contributed by atoms with Gasteiger partial charge in [0, 0.05) is 48.8 Å². The molecule has 0 spiro atoms. The van der Waals surface area contributed by atoms with Gasteiger partial charge in [0.05, 0.1) is 33.0 Å². The Hall–Kier alpha value is -4.18. The molecule has 0 radical (unpaired) electrons. The number of nitrogens with zero attached hydrogens (tertiary/aromatic N) is 4. The van der Waals surface area contributed by atoms with E-state index in [0.717, 1.165) is 96.1 Å². The van der Waals surface area contributed by atoms with E-state index in [0.29, 0.717) is 30.1 Å². The summed E-state index contributed by atoms with van der Waals surface area (Å²) in [5.74, 6) is -1.58. The lowest BCUT2D eigenvalue weighted by atomic mass is 9.82. The van der Waals surface area contributed by atoms with E-state index >= 15 is 0 Å². The first-order valence-electron chi connectivity index (χ1n) is 16.8. The molecule has 1 fully saturated rings. The van der Waals surface area contributed by atoms with E-state index in [1.807, 2.05) is 0 Å². The van der Waals surface area contributed by atoms with E-state index in [9.17, 15) is 19.5 Å². The molecule has 0 unspecified atom stereocenters. The Kier molecular flexibility index (Phi) is 8.13. The topological polar surface area (TPSA) is 121 Å². The second-order valence-corrected chi connectivity index (χ2v) is 14.2. The molecular formula is C38H39BrN4O5. The molecule has 0 aromatic heterocycles. The maximum atomic E-state index is 13.0. The fraction of sp³-hybridized carbons (Fsp3) is 0.421. The summed E-state index contributed by atoms with van der Waals surface area (Å²) in [4.78, 5) is 57.9. The van der Waals surface area contributed by atoms with Crippen LogP contribution in [0.2, 0.25) is 0 Å². The van der Waals surface area contributed by atoms with Crippen LogP contribution in [0.25, 0.3) is 0 Å². The zero-order valence-electron chi connectivity index (χ0n) is 28.2. The Morgan fingerprint density at radius 3 is 2.29 bits per heavy atom. The summed E-state index contributed by atoms with van der Waals surface area (Å²) in [6.45, 7) is 12.7. The number of hydrogen-bond donors (Lipinski definition) is 1. The molecule has 0 aromatic rings. The number of amides is 2. The van der Waals surface area contributed by atoms with E-state index < -0.39 is 17.8 Å². The van der Waals surface area contributed by atoms with Crippen molar-refractivity contribution in [1.29, 1.82) is 0 Å². The SMILES string of the molecule is CCC1=C(C)C2=NC1=CC1=C(C)C3=C(O)CC(=C3C1)C1=NC(=C(Br)C3=NC(=C2)C(CC)=C3C)[C@@H](C)[C@@H]1CCC(=O)ON1C(=O)CCC1=O. The van der Waals surface area contributed by atoms with Crippen LogP contribution in [0.15, 0.2) is 105 Å². The van der Waals surface area contributed by atoms with Crippen LogP contribution in [0.4, 0.5) is 0 Å². The van der Waals surface area contributed by atoms with Crippen molar-refractivity contribution in [2.75, 3.05) is 0 Å². The van der Waals surface area contributed by atoms with Crippen molar-refractivity contribution in [2.24, 2.45) is 26.8 Å². The van der Waals surface area contributed by atoms with Gasteiger partial charge in [0.15, 0.2) is 0 Å². The molecule has 2 aliphatic carbocycles. The third kappa shape index (κ3) is 5.02. The van der Waals surface area contributed by atoms with Gasteiger partial charge in [-0.1, -0.05) is 20.8 Å². The predicted octanol–water partition coefficient (Wildman–Crippen LogP) is 8.06. The number of aliphatic imine (C=N–C) groups is 3. The lowest BCUT2D eigenvalue weighted by Gasteiger charge is -2.20. The second-order valence-electron chi connectivity index (χ2n) is 13.4. The van der Waals surface area contributed by atoms with Crippen molar-refractivity contribution in [3.05, 3.63) is 89.6 Å². The maximum absolute atomic E-state index is 13.0. The molecule has 7 rings (SSSR count). The van der Waals surface area contributed by atoms with Gasteiger partial charge in [-0.05, 0) is 119 Å². The van der Waals surface area contributed by atoms with Crippen LogP contribution in [0.5, 0.6) is 0 Å². The van der Waals surface area contributed by atoms with E-state index in [4.69, 9.17) is 19.8 Å². The number of aliphatic hydroxyl groups is 1. The van der Waals surface area contributed by atoms with E-state index in [1.165, 1.54) is 5.57 Å². The number of hydrogen-bond acceptors (Lipinski definition) is 8. The Morgan fingerprint density at radius 1 is 0.938 bits per heavy atom. The van der Waals surface area contributed by atoms with Crippen molar-refractivity contribution in [3.8, 4) is 0 Å². The molecule has 0 aromatic carbocycles. The Bertz CT molecular complexity index is 1970. The van der Waals surface area contributed by atoms with Gasteiger partial charge >= 0.3 is 5.97 Å². The Balaban J connectivity index is 1.35. The molecular weight excluding hydrogens is 672 g/mol. The second kappa shape index (κ2) is 12.1. The molecule has 10 heteroatoms. The van der Waals surface area contributed by atoms with Gasteiger partial charge in [0.25, 0.3) is 11.8 Å². The summed E-state index contributed by atoms with van der Waals surface area (Å²) in [6.07, 6.45) is 7.45. The van der Waals surface area contributed by atoms with Crippen molar-refractivity contribution in [3.63, 3.8) is 0 Å². The quantitative estimate of drug-likeness (QED) is 0.280. The van der Waals surface area contributed by atoms with E-state index in [-0.39, 0.29) is 31.1 Å². The van der Waals surface area contributed by atoms with Gasteiger partial charge in [0.2, 0.25) is 0 Å². The van der Waals surface area contributed by atoms with Gasteiger partial charge in [-0.25, -0.2) is 14.8 Å².